The fourth-order valence-corrected chi connectivity index (χ4v) is 5.54. The van der Waals surface area contributed by atoms with Crippen LogP contribution in [0, 0.1) is 5.41 Å². The Bertz CT molecular complexity index is 751. The fraction of sp³-hybridized carbons (Fsp3) is 0.636. The number of piperazine rings is 1. The summed E-state index contributed by atoms with van der Waals surface area (Å²) >= 11 is 12.5. The number of likely N-dealkylation sites (tertiary alicyclic amines) is 1. The van der Waals surface area contributed by atoms with Crippen LogP contribution in [-0.2, 0) is 9.59 Å². The summed E-state index contributed by atoms with van der Waals surface area (Å²) in [4.78, 5) is 31.5. The molecule has 7 heteroatoms. The summed E-state index contributed by atoms with van der Waals surface area (Å²) in [6.45, 7) is 4.70. The van der Waals surface area contributed by atoms with E-state index in [0.717, 1.165) is 64.1 Å². The van der Waals surface area contributed by atoms with Crippen LogP contribution in [0.15, 0.2) is 18.2 Å². The van der Waals surface area contributed by atoms with E-state index in [0.29, 0.717) is 29.4 Å². The van der Waals surface area contributed by atoms with Crippen LogP contribution >= 0.6 is 23.2 Å². The van der Waals surface area contributed by atoms with E-state index >= 15 is 0 Å². The standard InChI is InChI=1S/C22H29Cl2N3O2/c23-17-5-4-6-18(21(17)24)26-12-9-25(10-13-26)11-14-27-19(28)15-22(16-20(27)29)7-2-1-3-8-22/h4-6H,1-3,7-16H2. The van der Waals surface area contributed by atoms with Crippen molar-refractivity contribution in [3.05, 3.63) is 28.2 Å². The quantitative estimate of drug-likeness (QED) is 0.661. The third kappa shape index (κ3) is 4.57. The number of nitrogens with zero attached hydrogens (tertiary/aromatic N) is 3. The maximum absolute atomic E-state index is 12.7. The molecule has 0 atom stereocenters. The van der Waals surface area contributed by atoms with Gasteiger partial charge in [0.05, 0.1) is 15.7 Å². The average molecular weight is 438 g/mol. The maximum atomic E-state index is 12.7. The highest BCUT2D eigenvalue weighted by Crippen LogP contribution is 2.45. The van der Waals surface area contributed by atoms with E-state index in [1.807, 2.05) is 12.1 Å². The minimum Gasteiger partial charge on any atom is -0.368 e. The molecule has 5 nitrogen and oxygen atoms in total. The Morgan fingerprint density at radius 2 is 1.52 bits per heavy atom. The van der Waals surface area contributed by atoms with Gasteiger partial charge in [-0.15, -0.1) is 0 Å². The third-order valence-corrected chi connectivity index (χ3v) is 7.66. The van der Waals surface area contributed by atoms with E-state index in [1.165, 1.54) is 11.3 Å². The normalized spacial score (nSPS) is 23.1. The van der Waals surface area contributed by atoms with E-state index in [9.17, 15) is 9.59 Å². The molecule has 2 amide bonds. The lowest BCUT2D eigenvalue weighted by molar-refractivity contribution is -0.154. The van der Waals surface area contributed by atoms with Gasteiger partial charge in [-0.3, -0.25) is 19.4 Å². The molecule has 0 aromatic heterocycles. The molecule has 3 fully saturated rings. The second-order valence-electron chi connectivity index (χ2n) is 8.75. The maximum Gasteiger partial charge on any atom is 0.229 e. The minimum absolute atomic E-state index is 0.0347. The highest BCUT2D eigenvalue weighted by atomic mass is 35.5. The van der Waals surface area contributed by atoms with Crippen LogP contribution in [0.25, 0.3) is 0 Å². The van der Waals surface area contributed by atoms with Gasteiger partial charge in [0.1, 0.15) is 0 Å². The molecule has 1 aliphatic carbocycles. The molecule has 29 heavy (non-hydrogen) atoms. The van der Waals surface area contributed by atoms with Gasteiger partial charge >= 0.3 is 0 Å². The predicted octanol–water partition coefficient (Wildman–Crippen LogP) is 4.21. The van der Waals surface area contributed by atoms with E-state index in [2.05, 4.69) is 9.80 Å². The summed E-state index contributed by atoms with van der Waals surface area (Å²) in [5.41, 5.74) is 0.933. The van der Waals surface area contributed by atoms with Crippen LogP contribution in [0.4, 0.5) is 5.69 Å². The van der Waals surface area contributed by atoms with Gasteiger partial charge in [0, 0.05) is 52.1 Å². The smallest absolute Gasteiger partial charge is 0.229 e. The van der Waals surface area contributed by atoms with Crippen LogP contribution in [0.3, 0.4) is 0 Å². The molecule has 1 aromatic carbocycles. The highest BCUT2D eigenvalue weighted by Gasteiger charge is 2.43. The zero-order chi connectivity index (χ0) is 20.4. The van der Waals surface area contributed by atoms with Gasteiger partial charge in [0.2, 0.25) is 11.8 Å². The lowest BCUT2D eigenvalue weighted by atomic mass is 9.67. The Morgan fingerprint density at radius 3 is 2.17 bits per heavy atom. The van der Waals surface area contributed by atoms with Gasteiger partial charge in [0.25, 0.3) is 0 Å². The monoisotopic (exact) mass is 437 g/mol. The number of amides is 2. The van der Waals surface area contributed by atoms with Crippen molar-refractivity contribution in [1.29, 1.82) is 0 Å². The number of hydrogen-bond donors (Lipinski definition) is 0. The first-order valence-corrected chi connectivity index (χ1v) is 11.5. The predicted molar refractivity (Wildman–Crippen MR) is 117 cm³/mol. The zero-order valence-electron chi connectivity index (χ0n) is 16.8. The molecule has 1 saturated carbocycles. The number of imide groups is 1. The Hall–Kier alpha value is -1.30. The molecule has 1 aromatic rings. The summed E-state index contributed by atoms with van der Waals surface area (Å²) in [7, 11) is 0. The van der Waals surface area contributed by atoms with Crippen molar-refractivity contribution in [2.24, 2.45) is 5.41 Å². The molecule has 2 heterocycles. The molecule has 1 spiro atoms. The van der Waals surface area contributed by atoms with Crippen molar-refractivity contribution >= 4 is 40.7 Å². The Labute approximate surface area is 182 Å². The number of rotatable bonds is 4. The van der Waals surface area contributed by atoms with Gasteiger partial charge in [-0.1, -0.05) is 48.5 Å². The van der Waals surface area contributed by atoms with Crippen molar-refractivity contribution in [2.45, 2.75) is 44.9 Å². The number of hydrogen-bond acceptors (Lipinski definition) is 4. The van der Waals surface area contributed by atoms with Crippen LogP contribution in [0.5, 0.6) is 0 Å². The number of halogens is 2. The van der Waals surface area contributed by atoms with Crippen LogP contribution < -0.4 is 4.90 Å². The summed E-state index contributed by atoms with van der Waals surface area (Å²) in [5, 5.41) is 1.17. The van der Waals surface area contributed by atoms with Gasteiger partial charge in [-0.2, -0.15) is 0 Å². The molecule has 4 rings (SSSR count). The third-order valence-electron chi connectivity index (χ3n) is 6.85. The lowest BCUT2D eigenvalue weighted by Crippen LogP contribution is -2.53. The highest BCUT2D eigenvalue weighted by molar-refractivity contribution is 6.43. The van der Waals surface area contributed by atoms with Crippen LogP contribution in [0.1, 0.15) is 44.9 Å². The second-order valence-corrected chi connectivity index (χ2v) is 9.54. The van der Waals surface area contributed by atoms with Crippen molar-refractivity contribution in [1.82, 2.24) is 9.80 Å². The molecular weight excluding hydrogens is 409 g/mol. The van der Waals surface area contributed by atoms with Crippen molar-refractivity contribution in [3.8, 4) is 0 Å². The number of piperidine rings is 1. The van der Waals surface area contributed by atoms with Gasteiger partial charge < -0.3 is 4.90 Å². The number of benzene rings is 1. The van der Waals surface area contributed by atoms with E-state index in [-0.39, 0.29) is 17.2 Å². The first-order valence-electron chi connectivity index (χ1n) is 10.7. The summed E-state index contributed by atoms with van der Waals surface area (Å²) in [6.07, 6.45) is 6.72. The number of anilines is 1. The summed E-state index contributed by atoms with van der Waals surface area (Å²) < 4.78 is 0. The van der Waals surface area contributed by atoms with Crippen molar-refractivity contribution in [3.63, 3.8) is 0 Å². The van der Waals surface area contributed by atoms with E-state index < -0.39 is 0 Å². The van der Waals surface area contributed by atoms with Gasteiger partial charge in [-0.25, -0.2) is 0 Å². The second kappa shape index (κ2) is 8.83. The molecule has 0 radical (unpaired) electrons. The van der Waals surface area contributed by atoms with E-state index in [4.69, 9.17) is 23.2 Å². The zero-order valence-corrected chi connectivity index (χ0v) is 18.4. The Morgan fingerprint density at radius 1 is 0.862 bits per heavy atom. The van der Waals surface area contributed by atoms with Gasteiger partial charge in [0.15, 0.2) is 0 Å². The molecular formula is C22H29Cl2N3O2. The SMILES string of the molecule is O=C1CC2(CCCCC2)CC(=O)N1CCN1CCN(c2cccc(Cl)c2Cl)CC1. The molecule has 2 aliphatic heterocycles. The fourth-order valence-electron chi connectivity index (χ4n) is 5.13. The summed E-state index contributed by atoms with van der Waals surface area (Å²) in [6, 6.07) is 5.71. The van der Waals surface area contributed by atoms with Crippen molar-refractivity contribution < 1.29 is 9.59 Å². The lowest BCUT2D eigenvalue weighted by Gasteiger charge is -2.43. The first-order chi connectivity index (χ1) is 14.0. The molecule has 0 N–H and O–H groups in total. The number of carbonyl (C=O) groups is 2. The molecule has 3 aliphatic rings. The number of carbonyl (C=O) groups excluding carboxylic acids is 2. The topological polar surface area (TPSA) is 43.9 Å². The van der Waals surface area contributed by atoms with E-state index in [1.54, 1.807) is 6.07 Å². The Balaban J connectivity index is 1.28. The summed E-state index contributed by atoms with van der Waals surface area (Å²) in [5.74, 6) is 0.0694. The molecule has 0 bridgehead atoms. The van der Waals surface area contributed by atoms with Crippen LogP contribution in [-0.4, -0.2) is 60.9 Å². The minimum atomic E-state index is -0.0369. The first kappa shape index (κ1) is 21.0. The molecule has 158 valence electrons. The Kier molecular flexibility index (Phi) is 6.38. The largest absolute Gasteiger partial charge is 0.368 e. The molecule has 2 saturated heterocycles. The van der Waals surface area contributed by atoms with Crippen molar-refractivity contribution in [2.75, 3.05) is 44.2 Å². The van der Waals surface area contributed by atoms with Crippen LogP contribution in [0.2, 0.25) is 10.0 Å². The molecule has 0 unspecified atom stereocenters. The average Bonchev–Trinajstić information content (AvgIpc) is 2.70. The van der Waals surface area contributed by atoms with Gasteiger partial charge in [-0.05, 0) is 30.4 Å².